The van der Waals surface area contributed by atoms with Crippen molar-refractivity contribution in [1.29, 1.82) is 0 Å². The number of rotatable bonds is 5. The molecule has 0 unspecified atom stereocenters. The highest BCUT2D eigenvalue weighted by molar-refractivity contribution is 6.21. The van der Waals surface area contributed by atoms with E-state index in [0.29, 0.717) is 17.6 Å². The summed E-state index contributed by atoms with van der Waals surface area (Å²) < 4.78 is 6.66. The molecule has 248 valence electrons. The summed E-state index contributed by atoms with van der Waals surface area (Å²) in [5, 5.41) is 4.56. The number of nitrogens with zero attached hydrogens (tertiary/aromatic N) is 8. The molecule has 11 rings (SSSR count). The van der Waals surface area contributed by atoms with Crippen molar-refractivity contribution in [3.63, 3.8) is 0 Å². The third-order valence-electron chi connectivity index (χ3n) is 10.1. The van der Waals surface area contributed by atoms with E-state index in [9.17, 15) is 0 Å². The van der Waals surface area contributed by atoms with Crippen molar-refractivity contribution in [2.45, 2.75) is 0 Å². The van der Waals surface area contributed by atoms with Gasteiger partial charge in [0.1, 0.15) is 17.5 Å². The molecule has 0 N–H and O–H groups in total. The normalized spacial score (nSPS) is 11.8. The SMILES string of the molecule is c1ccc(-c2nc(-c3ccc(-n4c5ccccc5c5ccccc54)cc3)nc(-n3c4cncnc4c4c5ccccc5n(-c5ccccc5)c43)n2)cc1. The lowest BCUT2D eigenvalue weighted by molar-refractivity contribution is 0.930. The van der Waals surface area contributed by atoms with Crippen LogP contribution in [0.25, 0.3) is 94.9 Å². The minimum absolute atomic E-state index is 0.482. The van der Waals surface area contributed by atoms with Crippen molar-refractivity contribution in [1.82, 2.24) is 38.6 Å². The fourth-order valence-corrected chi connectivity index (χ4v) is 7.78. The van der Waals surface area contributed by atoms with Crippen LogP contribution < -0.4 is 0 Å². The van der Waals surface area contributed by atoms with Crippen molar-refractivity contribution in [2.75, 3.05) is 0 Å². The first-order valence-electron chi connectivity index (χ1n) is 17.5. The van der Waals surface area contributed by atoms with Crippen LogP contribution in [0.5, 0.6) is 0 Å². The fourth-order valence-electron chi connectivity index (χ4n) is 7.78. The number of benzene rings is 6. The molecule has 0 radical (unpaired) electrons. The molecule has 53 heavy (non-hydrogen) atoms. The van der Waals surface area contributed by atoms with Crippen LogP contribution in [-0.4, -0.2) is 38.6 Å². The Morgan fingerprint density at radius 3 is 1.58 bits per heavy atom. The predicted molar refractivity (Wildman–Crippen MR) is 212 cm³/mol. The highest BCUT2D eigenvalue weighted by Gasteiger charge is 2.25. The molecule has 0 spiro atoms. The standard InChI is InChI=1S/C45H28N8/c1-3-13-29(14-4-1)42-48-43(30-23-25-32(26-24-30)51-36-20-10-7-17-33(36)34-18-8-11-21-37(34)51)50-45(49-42)53-39-27-46-28-47-41(39)40-35-19-9-12-22-38(35)52(44(40)53)31-15-5-2-6-16-31/h1-28H. The summed E-state index contributed by atoms with van der Waals surface area (Å²) in [7, 11) is 0. The molecule has 0 aliphatic heterocycles. The maximum atomic E-state index is 5.23. The molecular weight excluding hydrogens is 653 g/mol. The van der Waals surface area contributed by atoms with Gasteiger partial charge in [0.15, 0.2) is 11.6 Å². The van der Waals surface area contributed by atoms with Crippen molar-refractivity contribution in [3.05, 3.63) is 170 Å². The molecule has 11 aromatic rings. The van der Waals surface area contributed by atoms with Gasteiger partial charge in [-0.05, 0) is 54.6 Å². The molecule has 0 fully saturated rings. The van der Waals surface area contributed by atoms with E-state index in [0.717, 1.165) is 66.5 Å². The van der Waals surface area contributed by atoms with Crippen molar-refractivity contribution < 1.29 is 0 Å². The summed E-state index contributed by atoms with van der Waals surface area (Å²) in [6, 6.07) is 54.4. The van der Waals surface area contributed by atoms with E-state index < -0.39 is 0 Å². The molecule has 5 aromatic heterocycles. The smallest absolute Gasteiger partial charge is 0.240 e. The lowest BCUT2D eigenvalue weighted by Crippen LogP contribution is -2.09. The van der Waals surface area contributed by atoms with Crippen LogP contribution in [0, 0.1) is 0 Å². The van der Waals surface area contributed by atoms with E-state index in [-0.39, 0.29) is 0 Å². The molecule has 0 aliphatic carbocycles. The van der Waals surface area contributed by atoms with Crippen LogP contribution in [0.15, 0.2) is 170 Å². The topological polar surface area (TPSA) is 79.2 Å². The van der Waals surface area contributed by atoms with Gasteiger partial charge in [0.25, 0.3) is 0 Å². The first-order valence-corrected chi connectivity index (χ1v) is 17.5. The van der Waals surface area contributed by atoms with Gasteiger partial charge in [0, 0.05) is 38.7 Å². The lowest BCUT2D eigenvalue weighted by Gasteiger charge is -2.13. The number of para-hydroxylation sites is 4. The van der Waals surface area contributed by atoms with Gasteiger partial charge >= 0.3 is 0 Å². The second-order valence-electron chi connectivity index (χ2n) is 13.0. The van der Waals surface area contributed by atoms with Crippen LogP contribution in [0.1, 0.15) is 0 Å². The van der Waals surface area contributed by atoms with E-state index in [4.69, 9.17) is 19.9 Å². The molecule has 0 bridgehead atoms. The largest absolute Gasteiger partial charge is 0.309 e. The third-order valence-corrected chi connectivity index (χ3v) is 10.1. The molecule has 0 amide bonds. The van der Waals surface area contributed by atoms with Crippen LogP contribution in [0.2, 0.25) is 0 Å². The predicted octanol–water partition coefficient (Wildman–Crippen LogP) is 10.1. The average molecular weight is 681 g/mol. The molecule has 5 heterocycles. The minimum Gasteiger partial charge on any atom is -0.309 e. The number of aromatic nitrogens is 8. The van der Waals surface area contributed by atoms with Crippen LogP contribution in [0.4, 0.5) is 0 Å². The minimum atomic E-state index is 0.482. The van der Waals surface area contributed by atoms with Crippen LogP contribution >= 0.6 is 0 Å². The van der Waals surface area contributed by atoms with Crippen molar-refractivity contribution >= 4 is 54.8 Å². The van der Waals surface area contributed by atoms with E-state index in [2.05, 4.69) is 140 Å². The van der Waals surface area contributed by atoms with E-state index in [1.807, 2.05) is 42.6 Å². The Morgan fingerprint density at radius 1 is 0.396 bits per heavy atom. The highest BCUT2D eigenvalue weighted by Crippen LogP contribution is 2.40. The molecule has 6 aromatic carbocycles. The number of hydrogen-bond donors (Lipinski definition) is 0. The van der Waals surface area contributed by atoms with Gasteiger partial charge in [-0.3, -0.25) is 9.13 Å². The first-order chi connectivity index (χ1) is 26.3. The Balaban J connectivity index is 1.17. The molecular formula is C45H28N8. The summed E-state index contributed by atoms with van der Waals surface area (Å²) in [5.41, 5.74) is 9.80. The summed E-state index contributed by atoms with van der Waals surface area (Å²) in [5.74, 6) is 1.62. The fraction of sp³-hybridized carbons (Fsp3) is 0. The van der Waals surface area contributed by atoms with Gasteiger partial charge in [-0.1, -0.05) is 103 Å². The van der Waals surface area contributed by atoms with Gasteiger partial charge in [0.2, 0.25) is 5.95 Å². The van der Waals surface area contributed by atoms with Gasteiger partial charge < -0.3 is 4.57 Å². The number of fused-ring (bicyclic) bond motifs is 8. The van der Waals surface area contributed by atoms with Crippen LogP contribution in [-0.2, 0) is 0 Å². The van der Waals surface area contributed by atoms with E-state index in [1.165, 1.54) is 10.8 Å². The number of hydrogen-bond acceptors (Lipinski definition) is 5. The molecule has 0 saturated carbocycles. The molecule has 0 saturated heterocycles. The zero-order valence-electron chi connectivity index (χ0n) is 28.2. The van der Waals surface area contributed by atoms with E-state index >= 15 is 0 Å². The Bertz CT molecular complexity index is 3100. The summed E-state index contributed by atoms with van der Waals surface area (Å²) in [6.07, 6.45) is 3.45. The second-order valence-corrected chi connectivity index (χ2v) is 13.0. The van der Waals surface area contributed by atoms with Gasteiger partial charge in [-0.25, -0.2) is 15.0 Å². The Kier molecular flexibility index (Phi) is 6.38. The summed E-state index contributed by atoms with van der Waals surface area (Å²) in [4.78, 5) is 24.8. The van der Waals surface area contributed by atoms with Gasteiger partial charge in [0.05, 0.1) is 33.6 Å². The first kappa shape index (κ1) is 29.3. The molecule has 8 heteroatoms. The Hall–Kier alpha value is -7.45. The van der Waals surface area contributed by atoms with Crippen molar-refractivity contribution in [3.8, 4) is 40.1 Å². The molecule has 0 atom stereocenters. The summed E-state index contributed by atoms with van der Waals surface area (Å²) >= 11 is 0. The monoisotopic (exact) mass is 680 g/mol. The zero-order chi connectivity index (χ0) is 34.9. The van der Waals surface area contributed by atoms with Gasteiger partial charge in [-0.2, -0.15) is 9.97 Å². The maximum absolute atomic E-state index is 5.23. The third kappa shape index (κ3) is 4.46. The zero-order valence-corrected chi connectivity index (χ0v) is 28.2. The summed E-state index contributed by atoms with van der Waals surface area (Å²) in [6.45, 7) is 0. The Labute approximate surface area is 302 Å². The second kappa shape index (κ2) is 11.5. The quantitative estimate of drug-likeness (QED) is 0.181. The highest BCUT2D eigenvalue weighted by atomic mass is 15.3. The average Bonchev–Trinajstić information content (AvgIpc) is 3.87. The lowest BCUT2D eigenvalue weighted by atomic mass is 10.1. The molecule has 0 aliphatic rings. The Morgan fingerprint density at radius 2 is 0.925 bits per heavy atom. The van der Waals surface area contributed by atoms with E-state index in [1.54, 1.807) is 6.33 Å². The van der Waals surface area contributed by atoms with Crippen molar-refractivity contribution in [2.24, 2.45) is 0 Å². The van der Waals surface area contributed by atoms with Crippen LogP contribution in [0.3, 0.4) is 0 Å². The maximum Gasteiger partial charge on any atom is 0.240 e. The van der Waals surface area contributed by atoms with Gasteiger partial charge in [-0.15, -0.1) is 0 Å². The molecule has 8 nitrogen and oxygen atoms in total.